The summed E-state index contributed by atoms with van der Waals surface area (Å²) in [6, 6.07) is 9.35. The molecule has 2 aromatic carbocycles. The maximum absolute atomic E-state index is 12.0. The van der Waals surface area contributed by atoms with Crippen molar-refractivity contribution in [3.05, 3.63) is 75.4 Å². The number of ketones is 1. The highest BCUT2D eigenvalue weighted by Crippen LogP contribution is 2.23. The summed E-state index contributed by atoms with van der Waals surface area (Å²) in [5.41, 5.74) is 2.11. The lowest BCUT2D eigenvalue weighted by Gasteiger charge is -2.06. The quantitative estimate of drug-likeness (QED) is 0.600. The smallest absolute Gasteiger partial charge is 0.335 e. The van der Waals surface area contributed by atoms with Crippen molar-refractivity contribution in [2.75, 3.05) is 5.32 Å². The number of hydrogen-bond donors (Lipinski definition) is 2. The molecular weight excluding hydrogens is 337 g/mol. The summed E-state index contributed by atoms with van der Waals surface area (Å²) in [5.74, 6) is -1.21. The third-order valence-corrected chi connectivity index (χ3v) is 3.89. The van der Waals surface area contributed by atoms with E-state index in [4.69, 9.17) is 28.3 Å². The van der Waals surface area contributed by atoms with Crippen molar-refractivity contribution in [3.8, 4) is 0 Å². The van der Waals surface area contributed by atoms with E-state index in [1.54, 1.807) is 31.2 Å². The molecule has 0 heterocycles. The lowest BCUT2D eigenvalue weighted by atomic mass is 10.1. The van der Waals surface area contributed by atoms with Crippen LogP contribution in [0.5, 0.6) is 0 Å². The summed E-state index contributed by atoms with van der Waals surface area (Å²) in [6.45, 7) is 1.78. The molecule has 0 spiro atoms. The largest absolute Gasteiger partial charge is 0.478 e. The molecule has 0 bridgehead atoms. The number of rotatable bonds is 5. The van der Waals surface area contributed by atoms with Crippen molar-refractivity contribution in [2.45, 2.75) is 6.92 Å². The highest BCUT2D eigenvalue weighted by atomic mass is 35.5. The second-order valence-corrected chi connectivity index (χ2v) is 5.62. The summed E-state index contributed by atoms with van der Waals surface area (Å²) < 4.78 is 0. The molecule has 0 saturated heterocycles. The van der Waals surface area contributed by atoms with Gasteiger partial charge in [0.05, 0.1) is 15.6 Å². The molecule has 0 radical (unpaired) electrons. The predicted octanol–water partition coefficient (Wildman–Crippen LogP) is 4.81. The second-order valence-electron chi connectivity index (χ2n) is 4.81. The molecule has 2 aromatic rings. The fourth-order valence-electron chi connectivity index (χ4n) is 1.91. The standard InChI is InChI=1S/C17H13Cl2NO3/c1-10-8-12(17(22)23)3-5-15(10)20-7-6-16(21)11-2-4-13(18)14(19)9-11/h2-9,20H,1H3,(H,22,23)/b7-6+. The van der Waals surface area contributed by atoms with Gasteiger partial charge in [-0.3, -0.25) is 4.79 Å². The molecule has 0 atom stereocenters. The zero-order valence-corrected chi connectivity index (χ0v) is 13.7. The highest BCUT2D eigenvalue weighted by Gasteiger charge is 2.06. The Labute approximate surface area is 143 Å². The first-order chi connectivity index (χ1) is 10.9. The number of benzene rings is 2. The number of nitrogens with one attached hydrogen (secondary N) is 1. The summed E-state index contributed by atoms with van der Waals surface area (Å²) in [6.07, 6.45) is 2.86. The zero-order valence-electron chi connectivity index (χ0n) is 12.1. The number of carbonyl (C=O) groups excluding carboxylic acids is 1. The number of hydrogen-bond acceptors (Lipinski definition) is 3. The molecule has 4 nitrogen and oxygen atoms in total. The third-order valence-electron chi connectivity index (χ3n) is 3.15. The molecule has 0 aliphatic carbocycles. The molecule has 0 saturated carbocycles. The first-order valence-corrected chi connectivity index (χ1v) is 7.40. The van der Waals surface area contributed by atoms with Crippen molar-refractivity contribution >= 4 is 40.6 Å². The monoisotopic (exact) mass is 349 g/mol. The van der Waals surface area contributed by atoms with Gasteiger partial charge in [0.15, 0.2) is 5.78 Å². The van der Waals surface area contributed by atoms with E-state index in [1.165, 1.54) is 24.4 Å². The fraction of sp³-hybridized carbons (Fsp3) is 0.0588. The molecule has 0 amide bonds. The second kappa shape index (κ2) is 7.31. The van der Waals surface area contributed by atoms with Crippen molar-refractivity contribution in [3.63, 3.8) is 0 Å². The van der Waals surface area contributed by atoms with Gasteiger partial charge in [0.1, 0.15) is 0 Å². The summed E-state index contributed by atoms with van der Waals surface area (Å²) in [7, 11) is 0. The molecule has 6 heteroatoms. The van der Waals surface area contributed by atoms with Crippen molar-refractivity contribution < 1.29 is 14.7 Å². The van der Waals surface area contributed by atoms with Crippen molar-refractivity contribution in [1.82, 2.24) is 0 Å². The highest BCUT2D eigenvalue weighted by molar-refractivity contribution is 6.42. The van der Waals surface area contributed by atoms with Gasteiger partial charge in [0.25, 0.3) is 0 Å². The van der Waals surface area contributed by atoms with Gasteiger partial charge < -0.3 is 10.4 Å². The molecule has 0 aliphatic heterocycles. The van der Waals surface area contributed by atoms with Crippen LogP contribution in [0.3, 0.4) is 0 Å². The Balaban J connectivity index is 2.07. The minimum absolute atomic E-state index is 0.212. The molecule has 0 aromatic heterocycles. The van der Waals surface area contributed by atoms with Crippen LogP contribution in [0.1, 0.15) is 26.3 Å². The molecule has 2 rings (SSSR count). The minimum atomic E-state index is -0.981. The van der Waals surface area contributed by atoms with Crippen LogP contribution in [-0.2, 0) is 0 Å². The fourth-order valence-corrected chi connectivity index (χ4v) is 2.21. The van der Waals surface area contributed by atoms with Gasteiger partial charge in [-0.1, -0.05) is 23.2 Å². The first-order valence-electron chi connectivity index (χ1n) is 6.65. The van der Waals surface area contributed by atoms with Gasteiger partial charge >= 0.3 is 5.97 Å². The van der Waals surface area contributed by atoms with E-state index in [1.807, 2.05) is 0 Å². The number of carboxylic acid groups (broad SMARTS) is 1. The first kappa shape index (κ1) is 17.1. The van der Waals surface area contributed by atoms with E-state index < -0.39 is 5.97 Å². The van der Waals surface area contributed by atoms with Gasteiger partial charge in [0.2, 0.25) is 0 Å². The van der Waals surface area contributed by atoms with Gasteiger partial charge in [-0.05, 0) is 48.9 Å². The molecule has 118 valence electrons. The lowest BCUT2D eigenvalue weighted by Crippen LogP contribution is -2.00. The predicted molar refractivity (Wildman–Crippen MR) is 91.7 cm³/mol. The van der Waals surface area contributed by atoms with E-state index in [-0.39, 0.29) is 11.3 Å². The Bertz CT molecular complexity index is 800. The number of anilines is 1. The number of aromatic carboxylic acids is 1. The van der Waals surface area contributed by atoms with E-state index in [9.17, 15) is 9.59 Å². The van der Waals surface area contributed by atoms with Crippen LogP contribution in [-0.4, -0.2) is 16.9 Å². The number of halogens is 2. The Morgan fingerprint density at radius 2 is 1.74 bits per heavy atom. The number of aryl methyl sites for hydroxylation is 1. The normalized spacial score (nSPS) is 10.7. The van der Waals surface area contributed by atoms with Crippen LogP contribution in [0, 0.1) is 6.92 Å². The minimum Gasteiger partial charge on any atom is -0.478 e. The molecule has 23 heavy (non-hydrogen) atoms. The maximum Gasteiger partial charge on any atom is 0.335 e. The van der Waals surface area contributed by atoms with Crippen molar-refractivity contribution in [2.24, 2.45) is 0 Å². The molecule has 0 unspecified atom stereocenters. The average molecular weight is 350 g/mol. The van der Waals surface area contributed by atoms with E-state index in [2.05, 4.69) is 5.32 Å². The topological polar surface area (TPSA) is 66.4 Å². The molecule has 0 fully saturated rings. The Hall–Kier alpha value is -2.30. The van der Waals surface area contributed by atoms with Crippen LogP contribution in [0.4, 0.5) is 5.69 Å². The molecule has 0 aliphatic rings. The van der Waals surface area contributed by atoms with E-state index in [0.717, 1.165) is 5.56 Å². The van der Waals surface area contributed by atoms with E-state index >= 15 is 0 Å². The molecule has 2 N–H and O–H groups in total. The van der Waals surface area contributed by atoms with Gasteiger partial charge in [-0.15, -0.1) is 0 Å². The van der Waals surface area contributed by atoms with Gasteiger partial charge in [0, 0.05) is 23.5 Å². The van der Waals surface area contributed by atoms with Gasteiger partial charge in [-0.25, -0.2) is 4.79 Å². The number of carboxylic acids is 1. The average Bonchev–Trinajstić information content (AvgIpc) is 2.51. The number of allylic oxidation sites excluding steroid dienone is 1. The lowest BCUT2D eigenvalue weighted by molar-refractivity contribution is 0.0696. The van der Waals surface area contributed by atoms with Crippen molar-refractivity contribution in [1.29, 1.82) is 0 Å². The van der Waals surface area contributed by atoms with Crippen LogP contribution >= 0.6 is 23.2 Å². The van der Waals surface area contributed by atoms with Crippen LogP contribution in [0.25, 0.3) is 0 Å². The van der Waals surface area contributed by atoms with Gasteiger partial charge in [-0.2, -0.15) is 0 Å². The Kier molecular flexibility index (Phi) is 5.42. The maximum atomic E-state index is 12.0. The van der Waals surface area contributed by atoms with Crippen LogP contribution in [0.15, 0.2) is 48.7 Å². The molecular formula is C17H13Cl2NO3. The number of carbonyl (C=O) groups is 2. The van der Waals surface area contributed by atoms with E-state index in [0.29, 0.717) is 21.3 Å². The Morgan fingerprint density at radius 1 is 1.04 bits per heavy atom. The zero-order chi connectivity index (χ0) is 17.0. The Morgan fingerprint density at radius 3 is 2.35 bits per heavy atom. The van der Waals surface area contributed by atoms with Crippen LogP contribution in [0.2, 0.25) is 10.0 Å². The SMILES string of the molecule is Cc1cc(C(=O)O)ccc1N/C=C/C(=O)c1ccc(Cl)c(Cl)c1. The summed E-state index contributed by atoms with van der Waals surface area (Å²) in [4.78, 5) is 22.9. The summed E-state index contributed by atoms with van der Waals surface area (Å²) in [5, 5.41) is 12.6. The third kappa shape index (κ3) is 4.34. The summed E-state index contributed by atoms with van der Waals surface area (Å²) >= 11 is 11.7. The van der Waals surface area contributed by atoms with Crippen LogP contribution < -0.4 is 5.32 Å².